The number of hydrogen-bond acceptors (Lipinski definition) is 3. The molecule has 0 aliphatic carbocycles. The number of pyridine rings is 1. The van der Waals surface area contributed by atoms with Gasteiger partial charge in [0.2, 0.25) is 0 Å². The molecule has 0 spiro atoms. The van der Waals surface area contributed by atoms with Gasteiger partial charge in [0.05, 0.1) is 12.1 Å². The van der Waals surface area contributed by atoms with Gasteiger partial charge in [-0.2, -0.15) is 0 Å². The molecule has 5 heteroatoms. The smallest absolute Gasteiger partial charge is 0.193 e. The van der Waals surface area contributed by atoms with Gasteiger partial charge in [-0.3, -0.25) is 0 Å². The van der Waals surface area contributed by atoms with E-state index < -0.39 is 0 Å². The number of anilines is 2. The van der Waals surface area contributed by atoms with E-state index in [0.717, 1.165) is 28.0 Å². The van der Waals surface area contributed by atoms with Crippen LogP contribution in [0.5, 0.6) is 0 Å². The second-order valence-electron chi connectivity index (χ2n) is 6.75. The van der Waals surface area contributed by atoms with Gasteiger partial charge in [-0.05, 0) is 54.8 Å². The van der Waals surface area contributed by atoms with Gasteiger partial charge in [0.15, 0.2) is 5.96 Å². The Labute approximate surface area is 154 Å². The molecule has 5 nitrogen and oxygen atoms in total. The van der Waals surface area contributed by atoms with E-state index in [2.05, 4.69) is 59.5 Å². The largest absolute Gasteiger partial charge is 0.370 e. The van der Waals surface area contributed by atoms with E-state index in [1.165, 1.54) is 11.1 Å². The van der Waals surface area contributed by atoms with Crippen LogP contribution in [0, 0.1) is 13.8 Å². The zero-order valence-corrected chi connectivity index (χ0v) is 15.7. The van der Waals surface area contributed by atoms with Gasteiger partial charge in [0, 0.05) is 25.2 Å². The molecular formula is C21H25N5. The maximum absolute atomic E-state index is 6.11. The van der Waals surface area contributed by atoms with Gasteiger partial charge in [0.1, 0.15) is 5.82 Å². The second-order valence-corrected chi connectivity index (χ2v) is 6.75. The molecule has 0 bridgehead atoms. The highest BCUT2D eigenvalue weighted by Crippen LogP contribution is 2.23. The van der Waals surface area contributed by atoms with E-state index in [4.69, 9.17) is 5.73 Å². The van der Waals surface area contributed by atoms with E-state index in [1.807, 2.05) is 37.2 Å². The standard InChI is InChI=1S/C21H25N5/c1-14-9-15(2)11-17(10-14)24-21(22)23-13-16-12-20(26(3)4)25-19-8-6-5-7-18(16)19/h5-12H,13H2,1-4H3,(H3,22,23,24). The fraction of sp³-hybridized carbons (Fsp3) is 0.238. The molecule has 0 amide bonds. The molecule has 0 unspecified atom stereocenters. The Morgan fingerprint density at radius 2 is 1.77 bits per heavy atom. The Morgan fingerprint density at radius 3 is 2.46 bits per heavy atom. The number of aryl methyl sites for hydroxylation is 2. The number of hydrogen-bond donors (Lipinski definition) is 2. The molecule has 0 saturated carbocycles. The summed E-state index contributed by atoms with van der Waals surface area (Å²) >= 11 is 0. The van der Waals surface area contributed by atoms with Crippen molar-refractivity contribution in [2.45, 2.75) is 20.4 Å². The van der Waals surface area contributed by atoms with Crippen LogP contribution in [0.25, 0.3) is 10.9 Å². The topological polar surface area (TPSA) is 66.5 Å². The second kappa shape index (κ2) is 7.44. The summed E-state index contributed by atoms with van der Waals surface area (Å²) in [6, 6.07) is 16.4. The maximum Gasteiger partial charge on any atom is 0.193 e. The number of aromatic nitrogens is 1. The third-order valence-electron chi connectivity index (χ3n) is 4.16. The summed E-state index contributed by atoms with van der Waals surface area (Å²) in [7, 11) is 3.97. The number of benzene rings is 2. The van der Waals surface area contributed by atoms with Crippen LogP contribution >= 0.6 is 0 Å². The average Bonchev–Trinajstić information content (AvgIpc) is 2.58. The lowest BCUT2D eigenvalue weighted by Crippen LogP contribution is -2.22. The zero-order valence-electron chi connectivity index (χ0n) is 15.7. The van der Waals surface area contributed by atoms with Crippen molar-refractivity contribution < 1.29 is 0 Å². The van der Waals surface area contributed by atoms with Crippen molar-refractivity contribution in [2.75, 3.05) is 24.3 Å². The minimum Gasteiger partial charge on any atom is -0.370 e. The maximum atomic E-state index is 6.11. The highest BCUT2D eigenvalue weighted by molar-refractivity contribution is 5.92. The van der Waals surface area contributed by atoms with Crippen LogP contribution in [-0.2, 0) is 6.54 Å². The van der Waals surface area contributed by atoms with Gasteiger partial charge in [-0.1, -0.05) is 24.3 Å². The molecule has 0 fully saturated rings. The Balaban J connectivity index is 1.86. The molecule has 26 heavy (non-hydrogen) atoms. The minimum atomic E-state index is 0.405. The van der Waals surface area contributed by atoms with Gasteiger partial charge in [0.25, 0.3) is 0 Å². The molecule has 0 radical (unpaired) electrons. The van der Waals surface area contributed by atoms with Crippen LogP contribution in [-0.4, -0.2) is 25.0 Å². The first kappa shape index (κ1) is 17.7. The molecule has 1 heterocycles. The summed E-state index contributed by atoms with van der Waals surface area (Å²) in [5.41, 5.74) is 11.5. The summed E-state index contributed by atoms with van der Waals surface area (Å²) in [6.45, 7) is 4.63. The SMILES string of the molecule is Cc1cc(C)cc(NC(N)=NCc2cc(N(C)C)nc3ccccc23)c1. The number of rotatable bonds is 4. The lowest BCUT2D eigenvalue weighted by atomic mass is 10.1. The summed E-state index contributed by atoms with van der Waals surface area (Å²) in [5.74, 6) is 1.32. The van der Waals surface area contributed by atoms with Crippen LogP contribution in [0.2, 0.25) is 0 Å². The van der Waals surface area contributed by atoms with Crippen molar-refractivity contribution in [3.8, 4) is 0 Å². The number of nitrogens with zero attached hydrogens (tertiary/aromatic N) is 3. The highest BCUT2D eigenvalue weighted by Gasteiger charge is 2.07. The van der Waals surface area contributed by atoms with Crippen molar-refractivity contribution in [3.05, 3.63) is 65.2 Å². The van der Waals surface area contributed by atoms with E-state index in [0.29, 0.717) is 12.5 Å². The lowest BCUT2D eigenvalue weighted by molar-refractivity contribution is 1.04. The third-order valence-corrected chi connectivity index (χ3v) is 4.16. The van der Waals surface area contributed by atoms with E-state index in [1.54, 1.807) is 0 Å². The predicted octanol–water partition coefficient (Wildman–Crippen LogP) is 3.84. The first-order valence-corrected chi connectivity index (χ1v) is 8.63. The van der Waals surface area contributed by atoms with Crippen molar-refractivity contribution in [2.24, 2.45) is 10.7 Å². The first-order valence-electron chi connectivity index (χ1n) is 8.63. The summed E-state index contributed by atoms with van der Waals surface area (Å²) in [4.78, 5) is 11.2. The monoisotopic (exact) mass is 347 g/mol. The Bertz CT molecular complexity index is 940. The fourth-order valence-electron chi connectivity index (χ4n) is 3.00. The molecule has 3 N–H and O–H groups in total. The van der Waals surface area contributed by atoms with E-state index in [-0.39, 0.29) is 0 Å². The van der Waals surface area contributed by atoms with Crippen LogP contribution in [0.15, 0.2) is 53.5 Å². The van der Waals surface area contributed by atoms with Gasteiger partial charge >= 0.3 is 0 Å². The number of nitrogens with one attached hydrogen (secondary N) is 1. The molecule has 134 valence electrons. The van der Waals surface area contributed by atoms with Crippen LogP contribution in [0.1, 0.15) is 16.7 Å². The Morgan fingerprint density at radius 1 is 1.08 bits per heavy atom. The molecule has 2 aromatic carbocycles. The Kier molecular flexibility index (Phi) is 5.07. The third kappa shape index (κ3) is 4.11. The quantitative estimate of drug-likeness (QED) is 0.556. The number of nitrogens with two attached hydrogens (primary N) is 1. The van der Waals surface area contributed by atoms with Crippen molar-refractivity contribution in [3.63, 3.8) is 0 Å². The normalized spacial score (nSPS) is 11.6. The van der Waals surface area contributed by atoms with Crippen LogP contribution < -0.4 is 16.0 Å². The van der Waals surface area contributed by atoms with Crippen molar-refractivity contribution in [1.82, 2.24) is 4.98 Å². The molecule has 0 saturated heterocycles. The van der Waals surface area contributed by atoms with Gasteiger partial charge in [-0.15, -0.1) is 0 Å². The summed E-state index contributed by atoms with van der Waals surface area (Å²) < 4.78 is 0. The van der Waals surface area contributed by atoms with Crippen molar-refractivity contribution in [1.29, 1.82) is 0 Å². The first-order chi connectivity index (χ1) is 12.4. The molecule has 0 aliphatic heterocycles. The van der Waals surface area contributed by atoms with E-state index >= 15 is 0 Å². The summed E-state index contributed by atoms with van der Waals surface area (Å²) in [5, 5.41) is 4.28. The zero-order chi connectivity index (χ0) is 18.7. The van der Waals surface area contributed by atoms with Gasteiger partial charge in [-0.25, -0.2) is 9.98 Å². The molecule has 0 atom stereocenters. The number of para-hydroxylation sites is 1. The predicted molar refractivity (Wildman–Crippen MR) is 111 cm³/mol. The molecule has 3 rings (SSSR count). The molecule has 1 aromatic heterocycles. The molecule has 0 aliphatic rings. The highest BCUT2D eigenvalue weighted by atomic mass is 15.1. The van der Waals surface area contributed by atoms with Gasteiger partial charge < -0.3 is 16.0 Å². The lowest BCUT2D eigenvalue weighted by Gasteiger charge is -2.14. The van der Waals surface area contributed by atoms with Crippen LogP contribution in [0.4, 0.5) is 11.5 Å². The molecular weight excluding hydrogens is 322 g/mol. The van der Waals surface area contributed by atoms with Crippen molar-refractivity contribution >= 4 is 28.4 Å². The fourth-order valence-corrected chi connectivity index (χ4v) is 3.00. The Hall–Kier alpha value is -3.08. The summed E-state index contributed by atoms with van der Waals surface area (Å²) in [6.07, 6.45) is 0. The number of guanidine groups is 1. The molecule has 3 aromatic rings. The van der Waals surface area contributed by atoms with Crippen LogP contribution in [0.3, 0.4) is 0 Å². The number of fused-ring (bicyclic) bond motifs is 1. The average molecular weight is 347 g/mol. The van der Waals surface area contributed by atoms with E-state index in [9.17, 15) is 0 Å². The minimum absolute atomic E-state index is 0.405. The number of aliphatic imine (C=N–C) groups is 1.